The van der Waals surface area contributed by atoms with E-state index in [-0.39, 0.29) is 17.4 Å². The minimum absolute atomic E-state index is 0.0556. The van der Waals surface area contributed by atoms with Gasteiger partial charge < -0.3 is 9.47 Å². The zero-order valence-corrected chi connectivity index (χ0v) is 18.8. The lowest BCUT2D eigenvalue weighted by molar-refractivity contribution is 0.0842. The van der Waals surface area contributed by atoms with E-state index in [2.05, 4.69) is 15.8 Å². The summed E-state index contributed by atoms with van der Waals surface area (Å²) in [6.45, 7) is 3.77. The molecule has 1 heterocycles. The van der Waals surface area contributed by atoms with Gasteiger partial charge >= 0.3 is 0 Å². The number of imidazole rings is 1. The SMILES string of the molecule is COc1cc(C(=O)NNC(=O)c2cnc(SC)n2-c2ccc(F)cc2)ccc1OC(C)C. The summed E-state index contributed by atoms with van der Waals surface area (Å²) in [6, 6.07) is 10.4. The van der Waals surface area contributed by atoms with Gasteiger partial charge in [0.15, 0.2) is 16.7 Å². The molecule has 0 atom stereocenters. The van der Waals surface area contributed by atoms with Crippen molar-refractivity contribution in [1.29, 1.82) is 0 Å². The van der Waals surface area contributed by atoms with Gasteiger partial charge in [0.25, 0.3) is 11.8 Å². The first-order valence-electron chi connectivity index (χ1n) is 9.67. The molecular formula is C22H23FN4O4S. The van der Waals surface area contributed by atoms with Gasteiger partial charge in [-0.2, -0.15) is 0 Å². The Morgan fingerprint density at radius 3 is 2.38 bits per heavy atom. The molecule has 0 saturated heterocycles. The van der Waals surface area contributed by atoms with Gasteiger partial charge in [-0.1, -0.05) is 11.8 Å². The largest absolute Gasteiger partial charge is 0.493 e. The molecule has 0 aliphatic carbocycles. The highest BCUT2D eigenvalue weighted by molar-refractivity contribution is 7.98. The Bertz CT molecular complexity index is 1120. The van der Waals surface area contributed by atoms with Gasteiger partial charge in [-0.15, -0.1) is 0 Å². The number of hydrogen-bond acceptors (Lipinski definition) is 6. The molecule has 32 heavy (non-hydrogen) atoms. The molecular weight excluding hydrogens is 435 g/mol. The van der Waals surface area contributed by atoms with Gasteiger partial charge in [-0.05, 0) is 62.6 Å². The number of methoxy groups -OCH3 is 1. The monoisotopic (exact) mass is 458 g/mol. The van der Waals surface area contributed by atoms with E-state index in [1.54, 1.807) is 28.8 Å². The number of amides is 2. The molecule has 1 aromatic heterocycles. The smallest absolute Gasteiger partial charge is 0.288 e. The lowest BCUT2D eigenvalue weighted by Gasteiger charge is -2.15. The quantitative estimate of drug-likeness (QED) is 0.415. The van der Waals surface area contributed by atoms with E-state index in [1.165, 1.54) is 43.3 Å². The summed E-state index contributed by atoms with van der Waals surface area (Å²) in [5.41, 5.74) is 5.79. The molecule has 8 nitrogen and oxygen atoms in total. The normalized spacial score (nSPS) is 10.7. The average Bonchev–Trinajstić information content (AvgIpc) is 3.22. The summed E-state index contributed by atoms with van der Waals surface area (Å²) in [6.07, 6.45) is 3.14. The molecule has 0 fully saturated rings. The van der Waals surface area contributed by atoms with Crippen LogP contribution in [-0.2, 0) is 0 Å². The van der Waals surface area contributed by atoms with Crippen molar-refractivity contribution in [3.8, 4) is 17.2 Å². The second kappa shape index (κ2) is 10.2. The first-order valence-corrected chi connectivity index (χ1v) is 10.9. The van der Waals surface area contributed by atoms with E-state index >= 15 is 0 Å². The number of carbonyl (C=O) groups is 2. The first kappa shape index (κ1) is 23.1. The van der Waals surface area contributed by atoms with E-state index < -0.39 is 17.6 Å². The molecule has 0 saturated carbocycles. The summed E-state index contributed by atoms with van der Waals surface area (Å²) < 4.78 is 25.8. The molecule has 168 valence electrons. The lowest BCUT2D eigenvalue weighted by atomic mass is 10.2. The number of nitrogens with one attached hydrogen (secondary N) is 2. The van der Waals surface area contributed by atoms with Crippen molar-refractivity contribution in [2.75, 3.05) is 13.4 Å². The van der Waals surface area contributed by atoms with Crippen LogP contribution in [-0.4, -0.2) is 40.8 Å². The lowest BCUT2D eigenvalue weighted by Crippen LogP contribution is -2.42. The molecule has 3 aromatic rings. The van der Waals surface area contributed by atoms with Crippen LogP contribution in [0.2, 0.25) is 0 Å². The predicted molar refractivity (Wildman–Crippen MR) is 119 cm³/mol. The summed E-state index contributed by atoms with van der Waals surface area (Å²) in [4.78, 5) is 29.5. The molecule has 3 rings (SSSR count). The Balaban J connectivity index is 1.76. The minimum Gasteiger partial charge on any atom is -0.493 e. The third-order valence-corrected chi connectivity index (χ3v) is 4.96. The van der Waals surface area contributed by atoms with Gasteiger partial charge in [-0.25, -0.2) is 9.37 Å². The van der Waals surface area contributed by atoms with Crippen LogP contribution in [0, 0.1) is 5.82 Å². The second-order valence-corrected chi connectivity index (χ2v) is 7.66. The van der Waals surface area contributed by atoms with E-state index in [9.17, 15) is 14.0 Å². The third kappa shape index (κ3) is 5.20. The zero-order chi connectivity index (χ0) is 23.3. The Labute approximate surface area is 189 Å². The van der Waals surface area contributed by atoms with E-state index in [0.29, 0.717) is 22.3 Å². The standard InChI is InChI=1S/C22H23FN4O4S/c1-13(2)31-18-10-5-14(11-19(18)30-3)20(28)25-26-21(29)17-12-24-22(32-4)27(17)16-8-6-15(23)7-9-16/h5-13H,1-4H3,(H,25,28)(H,26,29). The number of hydrogen-bond donors (Lipinski definition) is 2. The summed E-state index contributed by atoms with van der Waals surface area (Å²) in [5, 5.41) is 0.540. The van der Waals surface area contributed by atoms with Gasteiger partial charge in [0.05, 0.1) is 19.4 Å². The number of aromatic nitrogens is 2. The Kier molecular flexibility index (Phi) is 7.37. The zero-order valence-electron chi connectivity index (χ0n) is 18.0. The molecule has 2 aromatic carbocycles. The molecule has 0 aliphatic heterocycles. The number of hydrazine groups is 1. The molecule has 10 heteroatoms. The highest BCUT2D eigenvalue weighted by Gasteiger charge is 2.19. The van der Waals surface area contributed by atoms with Crippen molar-refractivity contribution < 1.29 is 23.5 Å². The Morgan fingerprint density at radius 2 is 1.75 bits per heavy atom. The fraction of sp³-hybridized carbons (Fsp3) is 0.227. The molecule has 2 N–H and O–H groups in total. The highest BCUT2D eigenvalue weighted by Crippen LogP contribution is 2.29. The molecule has 2 amide bonds. The van der Waals surface area contributed by atoms with Crippen LogP contribution in [0.5, 0.6) is 11.5 Å². The summed E-state index contributed by atoms with van der Waals surface area (Å²) >= 11 is 1.33. The van der Waals surface area contributed by atoms with Crippen molar-refractivity contribution in [1.82, 2.24) is 20.4 Å². The van der Waals surface area contributed by atoms with Gasteiger partial charge in [0.2, 0.25) is 0 Å². The van der Waals surface area contributed by atoms with Crippen molar-refractivity contribution in [2.45, 2.75) is 25.1 Å². The predicted octanol–water partition coefficient (Wildman–Crippen LogP) is 3.60. The van der Waals surface area contributed by atoms with Crippen LogP contribution < -0.4 is 20.3 Å². The molecule has 0 spiro atoms. The fourth-order valence-corrected chi connectivity index (χ4v) is 3.43. The number of benzene rings is 2. The van der Waals surface area contributed by atoms with Crippen molar-refractivity contribution in [2.24, 2.45) is 0 Å². The molecule has 0 bridgehead atoms. The Morgan fingerprint density at radius 1 is 1.06 bits per heavy atom. The second-order valence-electron chi connectivity index (χ2n) is 6.88. The van der Waals surface area contributed by atoms with E-state index in [4.69, 9.17) is 9.47 Å². The highest BCUT2D eigenvalue weighted by atomic mass is 32.2. The number of halogens is 1. The van der Waals surface area contributed by atoms with Crippen LogP contribution >= 0.6 is 11.8 Å². The maximum Gasteiger partial charge on any atom is 0.288 e. The summed E-state index contributed by atoms with van der Waals surface area (Å²) in [5.74, 6) is -0.599. The molecule has 0 aliphatic rings. The number of thioether (sulfide) groups is 1. The van der Waals surface area contributed by atoms with Crippen molar-refractivity contribution in [3.63, 3.8) is 0 Å². The summed E-state index contributed by atoms with van der Waals surface area (Å²) in [7, 11) is 1.48. The number of carbonyl (C=O) groups excluding carboxylic acids is 2. The fourth-order valence-electron chi connectivity index (χ4n) is 2.89. The average molecular weight is 459 g/mol. The van der Waals surface area contributed by atoms with Gasteiger partial charge in [-0.3, -0.25) is 25.0 Å². The van der Waals surface area contributed by atoms with Crippen molar-refractivity contribution >= 4 is 23.6 Å². The van der Waals surface area contributed by atoms with Crippen LogP contribution in [0.1, 0.15) is 34.7 Å². The van der Waals surface area contributed by atoms with E-state index in [1.807, 2.05) is 20.1 Å². The van der Waals surface area contributed by atoms with Crippen LogP contribution in [0.3, 0.4) is 0 Å². The third-order valence-electron chi connectivity index (χ3n) is 4.31. The Hall–Kier alpha value is -3.53. The van der Waals surface area contributed by atoms with E-state index in [0.717, 1.165) is 0 Å². The van der Waals surface area contributed by atoms with Gasteiger partial charge in [0.1, 0.15) is 11.5 Å². The molecule has 0 unspecified atom stereocenters. The van der Waals surface area contributed by atoms with Crippen LogP contribution in [0.4, 0.5) is 4.39 Å². The maximum absolute atomic E-state index is 13.3. The number of nitrogens with zero attached hydrogens (tertiary/aromatic N) is 2. The van der Waals surface area contributed by atoms with Crippen molar-refractivity contribution in [3.05, 3.63) is 65.7 Å². The minimum atomic E-state index is -0.581. The van der Waals surface area contributed by atoms with Crippen LogP contribution in [0.15, 0.2) is 53.8 Å². The topological polar surface area (TPSA) is 94.5 Å². The first-order chi connectivity index (χ1) is 15.3. The number of rotatable bonds is 7. The van der Waals surface area contributed by atoms with Gasteiger partial charge in [0, 0.05) is 11.3 Å². The maximum atomic E-state index is 13.3. The number of ether oxygens (including phenoxy) is 2. The van der Waals surface area contributed by atoms with Crippen LogP contribution in [0.25, 0.3) is 5.69 Å². The molecule has 0 radical (unpaired) electrons.